The molecule has 1 aliphatic carbocycles. The number of phenols is 1. The summed E-state index contributed by atoms with van der Waals surface area (Å²) in [6.07, 6.45) is 1.79. The van der Waals surface area contributed by atoms with Gasteiger partial charge < -0.3 is 10.8 Å². The second kappa shape index (κ2) is 5.07. The van der Waals surface area contributed by atoms with Crippen LogP contribution in [0.3, 0.4) is 0 Å². The highest BCUT2D eigenvalue weighted by Gasteiger charge is 2.37. The van der Waals surface area contributed by atoms with Gasteiger partial charge in [-0.05, 0) is 31.0 Å². The highest BCUT2D eigenvalue weighted by atomic mass is 32.2. The fourth-order valence-corrected chi connectivity index (χ4v) is 3.57. The van der Waals surface area contributed by atoms with E-state index in [-0.39, 0.29) is 35.3 Å². The molecular formula is C12H15N3O3S. The molecule has 1 aromatic rings. The number of nitrogens with zero attached hydrogens (tertiary/aromatic N) is 2. The normalized spacial score (nSPS) is 15.4. The van der Waals surface area contributed by atoms with E-state index in [4.69, 9.17) is 11.0 Å². The average Bonchev–Trinajstić information content (AvgIpc) is 3.17. The number of hydrogen-bond acceptors (Lipinski definition) is 5. The Kier molecular flexibility index (Phi) is 3.64. The molecule has 0 aromatic heterocycles. The molecule has 6 nitrogen and oxygen atoms in total. The Morgan fingerprint density at radius 3 is 2.68 bits per heavy atom. The third-order valence-corrected chi connectivity index (χ3v) is 4.95. The molecule has 2 rings (SSSR count). The first-order valence-electron chi connectivity index (χ1n) is 5.94. The van der Waals surface area contributed by atoms with Crippen molar-refractivity contribution in [2.24, 2.45) is 0 Å². The highest BCUT2D eigenvalue weighted by Crippen LogP contribution is 2.33. The predicted molar refractivity (Wildman–Crippen MR) is 69.7 cm³/mol. The standard InChI is InChI=1S/C12H15N3O3S/c13-6-1-7-15(9-2-3-9)19(17,18)10-4-5-12(16)11(14)8-10/h4-5,8-9,16H,1-3,7,14H2. The molecule has 0 bridgehead atoms. The van der Waals surface area contributed by atoms with Crippen molar-refractivity contribution in [1.82, 2.24) is 4.31 Å². The van der Waals surface area contributed by atoms with Crippen LogP contribution in [0.4, 0.5) is 5.69 Å². The SMILES string of the molecule is N#CCCN(C1CC1)S(=O)(=O)c1ccc(O)c(N)c1. The van der Waals surface area contributed by atoms with Crippen molar-refractivity contribution in [1.29, 1.82) is 5.26 Å². The monoisotopic (exact) mass is 281 g/mol. The van der Waals surface area contributed by atoms with Crippen molar-refractivity contribution in [3.63, 3.8) is 0 Å². The minimum absolute atomic E-state index is 0.0200. The van der Waals surface area contributed by atoms with Crippen LogP contribution < -0.4 is 5.73 Å². The van der Waals surface area contributed by atoms with Gasteiger partial charge in [-0.15, -0.1) is 0 Å². The van der Waals surface area contributed by atoms with Gasteiger partial charge in [-0.3, -0.25) is 0 Å². The second-order valence-corrected chi connectivity index (χ2v) is 6.37. The van der Waals surface area contributed by atoms with Gasteiger partial charge in [0.2, 0.25) is 10.0 Å². The van der Waals surface area contributed by atoms with Crippen LogP contribution in [0.25, 0.3) is 0 Å². The first-order chi connectivity index (χ1) is 8.96. The third kappa shape index (κ3) is 2.80. The lowest BCUT2D eigenvalue weighted by Crippen LogP contribution is -2.34. The number of rotatable bonds is 5. The van der Waals surface area contributed by atoms with E-state index in [2.05, 4.69) is 0 Å². The van der Waals surface area contributed by atoms with Crippen molar-refractivity contribution in [3.8, 4) is 11.8 Å². The number of aromatic hydroxyl groups is 1. The van der Waals surface area contributed by atoms with Crippen LogP contribution in [-0.4, -0.2) is 30.4 Å². The van der Waals surface area contributed by atoms with Crippen LogP contribution >= 0.6 is 0 Å². The number of nitriles is 1. The molecule has 0 saturated heterocycles. The van der Waals surface area contributed by atoms with Crippen molar-refractivity contribution in [3.05, 3.63) is 18.2 Å². The predicted octanol–water partition coefficient (Wildman–Crippen LogP) is 1.04. The van der Waals surface area contributed by atoms with Crippen LogP contribution in [0, 0.1) is 11.3 Å². The zero-order valence-electron chi connectivity index (χ0n) is 10.3. The summed E-state index contributed by atoms with van der Waals surface area (Å²) in [6, 6.07) is 5.76. The number of hydrogen-bond donors (Lipinski definition) is 2. The van der Waals surface area contributed by atoms with Crippen LogP contribution in [0.15, 0.2) is 23.1 Å². The van der Waals surface area contributed by atoms with Gasteiger partial charge in [-0.1, -0.05) is 0 Å². The molecule has 0 unspecified atom stereocenters. The molecule has 0 heterocycles. The molecule has 1 saturated carbocycles. The molecule has 1 aromatic carbocycles. The zero-order chi connectivity index (χ0) is 14.0. The summed E-state index contributed by atoms with van der Waals surface area (Å²) in [5, 5.41) is 17.9. The first kappa shape index (κ1) is 13.6. The Labute approximate surface area is 112 Å². The first-order valence-corrected chi connectivity index (χ1v) is 7.38. The number of sulfonamides is 1. The van der Waals surface area contributed by atoms with Crippen LogP contribution in [0.1, 0.15) is 19.3 Å². The lowest BCUT2D eigenvalue weighted by molar-refractivity contribution is 0.410. The van der Waals surface area contributed by atoms with Gasteiger partial charge in [0, 0.05) is 19.0 Å². The van der Waals surface area contributed by atoms with Crippen LogP contribution in [-0.2, 0) is 10.0 Å². The molecule has 7 heteroatoms. The highest BCUT2D eigenvalue weighted by molar-refractivity contribution is 7.89. The maximum Gasteiger partial charge on any atom is 0.243 e. The van der Waals surface area contributed by atoms with Crippen LogP contribution in [0.5, 0.6) is 5.75 Å². The van der Waals surface area contributed by atoms with Crippen molar-refractivity contribution < 1.29 is 13.5 Å². The number of anilines is 1. The summed E-state index contributed by atoms with van der Waals surface area (Å²) in [5.74, 6) is -0.144. The molecule has 0 atom stereocenters. The summed E-state index contributed by atoms with van der Waals surface area (Å²) in [7, 11) is -3.66. The summed E-state index contributed by atoms with van der Waals surface area (Å²) in [5.41, 5.74) is 5.55. The molecule has 1 aliphatic rings. The van der Waals surface area contributed by atoms with E-state index in [0.29, 0.717) is 0 Å². The average molecular weight is 281 g/mol. The van der Waals surface area contributed by atoms with Crippen molar-refractivity contribution >= 4 is 15.7 Å². The lowest BCUT2D eigenvalue weighted by Gasteiger charge is -2.21. The maximum atomic E-state index is 12.5. The topological polar surface area (TPSA) is 107 Å². The summed E-state index contributed by atoms with van der Waals surface area (Å²) in [4.78, 5) is 0.0487. The summed E-state index contributed by atoms with van der Waals surface area (Å²) >= 11 is 0. The van der Waals surface area contributed by atoms with Gasteiger partial charge in [0.15, 0.2) is 0 Å². The third-order valence-electron chi connectivity index (χ3n) is 3.00. The smallest absolute Gasteiger partial charge is 0.243 e. The molecule has 1 fully saturated rings. The minimum Gasteiger partial charge on any atom is -0.506 e. The molecule has 0 aliphatic heterocycles. The fourth-order valence-electron chi connectivity index (χ4n) is 1.85. The maximum absolute atomic E-state index is 12.5. The quantitative estimate of drug-likeness (QED) is 0.619. The molecule has 19 heavy (non-hydrogen) atoms. The van der Waals surface area contributed by atoms with E-state index >= 15 is 0 Å². The van der Waals surface area contributed by atoms with Gasteiger partial charge in [-0.25, -0.2) is 8.42 Å². The number of nitrogens with two attached hydrogens (primary N) is 1. The zero-order valence-corrected chi connectivity index (χ0v) is 11.1. The lowest BCUT2D eigenvalue weighted by atomic mass is 10.3. The molecule has 3 N–H and O–H groups in total. The molecule has 102 valence electrons. The van der Waals surface area contributed by atoms with E-state index in [1.54, 1.807) is 0 Å². The Balaban J connectivity index is 2.33. The van der Waals surface area contributed by atoms with Gasteiger partial charge >= 0.3 is 0 Å². The van der Waals surface area contributed by atoms with E-state index in [1.807, 2.05) is 6.07 Å². The molecular weight excluding hydrogens is 266 g/mol. The fraction of sp³-hybridized carbons (Fsp3) is 0.417. The van der Waals surface area contributed by atoms with E-state index in [0.717, 1.165) is 12.8 Å². The van der Waals surface area contributed by atoms with E-state index in [1.165, 1.54) is 22.5 Å². The minimum atomic E-state index is -3.66. The van der Waals surface area contributed by atoms with Gasteiger partial charge in [0.1, 0.15) is 5.75 Å². The molecule has 0 radical (unpaired) electrons. The van der Waals surface area contributed by atoms with Crippen molar-refractivity contribution in [2.45, 2.75) is 30.2 Å². The van der Waals surface area contributed by atoms with E-state index in [9.17, 15) is 13.5 Å². The Morgan fingerprint density at radius 1 is 1.47 bits per heavy atom. The van der Waals surface area contributed by atoms with Crippen LogP contribution in [0.2, 0.25) is 0 Å². The Morgan fingerprint density at radius 2 is 2.16 bits per heavy atom. The largest absolute Gasteiger partial charge is 0.506 e. The summed E-state index contributed by atoms with van der Waals surface area (Å²) in [6.45, 7) is 0.185. The number of phenolic OH excluding ortho intramolecular Hbond substituents is 1. The van der Waals surface area contributed by atoms with E-state index < -0.39 is 10.0 Å². The van der Waals surface area contributed by atoms with Gasteiger partial charge in [0.25, 0.3) is 0 Å². The number of nitrogen functional groups attached to an aromatic ring is 1. The molecule has 0 amide bonds. The molecule has 0 spiro atoms. The number of benzene rings is 1. The Bertz CT molecular complexity index is 618. The second-order valence-electron chi connectivity index (χ2n) is 4.48. The Hall–Kier alpha value is -1.78. The van der Waals surface area contributed by atoms with Gasteiger partial charge in [-0.2, -0.15) is 9.57 Å². The van der Waals surface area contributed by atoms with Crippen molar-refractivity contribution in [2.75, 3.05) is 12.3 Å². The summed E-state index contributed by atoms with van der Waals surface area (Å²) < 4.78 is 26.3. The van der Waals surface area contributed by atoms with Gasteiger partial charge in [0.05, 0.1) is 16.7 Å².